The second kappa shape index (κ2) is 6.86. The Hall–Kier alpha value is -1.92. The van der Waals surface area contributed by atoms with Gasteiger partial charge in [-0.15, -0.1) is 0 Å². The standard InChI is InChI=1S/C12H20N4O3/c1-5-6-7-19-12-9(16(17)18)11(13-4)14-10(15-12)8(2)3/h8H,5-7H2,1-4H3,(H,13,14,15). The molecular weight excluding hydrogens is 248 g/mol. The van der Waals surface area contributed by atoms with Crippen molar-refractivity contribution in [2.24, 2.45) is 0 Å². The van der Waals surface area contributed by atoms with Crippen molar-refractivity contribution in [3.05, 3.63) is 15.9 Å². The fourth-order valence-corrected chi connectivity index (χ4v) is 1.46. The molecule has 0 bridgehead atoms. The Labute approximate surface area is 112 Å². The lowest BCUT2D eigenvalue weighted by molar-refractivity contribution is -0.385. The van der Waals surface area contributed by atoms with Crippen molar-refractivity contribution in [3.8, 4) is 5.88 Å². The van der Waals surface area contributed by atoms with Crippen LogP contribution in [0, 0.1) is 10.1 Å². The smallest absolute Gasteiger partial charge is 0.372 e. The predicted octanol–water partition coefficient (Wildman–Crippen LogP) is 2.73. The number of nitrogens with one attached hydrogen (secondary N) is 1. The third-order valence-electron chi connectivity index (χ3n) is 2.54. The van der Waals surface area contributed by atoms with Crippen molar-refractivity contribution < 1.29 is 9.66 Å². The Kier molecular flexibility index (Phi) is 5.47. The van der Waals surface area contributed by atoms with Gasteiger partial charge in [0.25, 0.3) is 5.88 Å². The summed E-state index contributed by atoms with van der Waals surface area (Å²) in [6.07, 6.45) is 1.78. The minimum Gasteiger partial charge on any atom is -0.473 e. The van der Waals surface area contributed by atoms with Crippen molar-refractivity contribution in [3.63, 3.8) is 0 Å². The van der Waals surface area contributed by atoms with Crippen molar-refractivity contribution in [1.82, 2.24) is 9.97 Å². The second-order valence-corrected chi connectivity index (χ2v) is 4.45. The van der Waals surface area contributed by atoms with Gasteiger partial charge < -0.3 is 10.1 Å². The Balaban J connectivity index is 3.20. The second-order valence-electron chi connectivity index (χ2n) is 4.45. The molecular formula is C12H20N4O3. The van der Waals surface area contributed by atoms with E-state index in [4.69, 9.17) is 4.74 Å². The van der Waals surface area contributed by atoms with E-state index < -0.39 is 4.92 Å². The molecule has 0 amide bonds. The number of nitrogens with zero attached hydrogens (tertiary/aromatic N) is 3. The van der Waals surface area contributed by atoms with Crippen molar-refractivity contribution in [1.29, 1.82) is 0 Å². The summed E-state index contributed by atoms with van der Waals surface area (Å²) in [6.45, 7) is 6.29. The van der Waals surface area contributed by atoms with Crippen LogP contribution in [0.25, 0.3) is 0 Å². The first-order chi connectivity index (χ1) is 9.01. The van der Waals surface area contributed by atoms with E-state index in [1.165, 1.54) is 0 Å². The van der Waals surface area contributed by atoms with E-state index in [1.807, 2.05) is 20.8 Å². The summed E-state index contributed by atoms with van der Waals surface area (Å²) in [4.78, 5) is 18.9. The number of hydrogen-bond donors (Lipinski definition) is 1. The molecule has 7 nitrogen and oxygen atoms in total. The summed E-state index contributed by atoms with van der Waals surface area (Å²) >= 11 is 0. The van der Waals surface area contributed by atoms with Gasteiger partial charge in [-0.2, -0.15) is 4.98 Å². The van der Waals surface area contributed by atoms with Gasteiger partial charge in [-0.3, -0.25) is 10.1 Å². The van der Waals surface area contributed by atoms with Gasteiger partial charge >= 0.3 is 5.69 Å². The largest absolute Gasteiger partial charge is 0.473 e. The number of unbranched alkanes of at least 4 members (excludes halogenated alkanes) is 1. The summed E-state index contributed by atoms with van der Waals surface area (Å²) < 4.78 is 5.44. The van der Waals surface area contributed by atoms with Crippen molar-refractivity contribution in [2.45, 2.75) is 39.5 Å². The molecule has 0 aliphatic carbocycles. The minimum absolute atomic E-state index is 0.0431. The molecule has 1 aromatic heterocycles. The van der Waals surface area contributed by atoms with E-state index in [0.717, 1.165) is 12.8 Å². The topological polar surface area (TPSA) is 90.2 Å². The molecule has 0 saturated carbocycles. The summed E-state index contributed by atoms with van der Waals surface area (Å²) in [5.41, 5.74) is -0.206. The highest BCUT2D eigenvalue weighted by atomic mass is 16.6. The lowest BCUT2D eigenvalue weighted by Gasteiger charge is -2.11. The Morgan fingerprint density at radius 3 is 2.58 bits per heavy atom. The molecule has 106 valence electrons. The van der Waals surface area contributed by atoms with Gasteiger partial charge in [0.05, 0.1) is 11.5 Å². The van der Waals surface area contributed by atoms with E-state index >= 15 is 0 Å². The molecule has 0 aliphatic rings. The molecule has 0 fully saturated rings. The van der Waals surface area contributed by atoms with Gasteiger partial charge in [0, 0.05) is 13.0 Å². The molecule has 1 rings (SSSR count). The Morgan fingerprint density at radius 2 is 2.11 bits per heavy atom. The fraction of sp³-hybridized carbons (Fsp3) is 0.667. The average molecular weight is 268 g/mol. The van der Waals surface area contributed by atoms with Crippen LogP contribution in [0.3, 0.4) is 0 Å². The number of rotatable bonds is 7. The van der Waals surface area contributed by atoms with Crippen LogP contribution >= 0.6 is 0 Å². The molecule has 0 aliphatic heterocycles. The first-order valence-corrected chi connectivity index (χ1v) is 6.38. The lowest BCUT2D eigenvalue weighted by atomic mass is 10.2. The summed E-state index contributed by atoms with van der Waals surface area (Å²) in [7, 11) is 1.59. The highest BCUT2D eigenvalue weighted by Gasteiger charge is 2.26. The molecule has 0 spiro atoms. The van der Waals surface area contributed by atoms with Gasteiger partial charge in [-0.05, 0) is 6.42 Å². The lowest BCUT2D eigenvalue weighted by Crippen LogP contribution is -2.10. The van der Waals surface area contributed by atoms with Crippen LogP contribution in [0.2, 0.25) is 0 Å². The summed E-state index contributed by atoms with van der Waals surface area (Å²) in [5.74, 6) is 0.833. The minimum atomic E-state index is -0.517. The van der Waals surface area contributed by atoms with E-state index in [2.05, 4.69) is 15.3 Å². The van der Waals surface area contributed by atoms with Crippen LogP contribution < -0.4 is 10.1 Å². The van der Waals surface area contributed by atoms with Gasteiger partial charge in [0.15, 0.2) is 0 Å². The average Bonchev–Trinajstić information content (AvgIpc) is 2.37. The van der Waals surface area contributed by atoms with E-state index in [-0.39, 0.29) is 23.3 Å². The monoisotopic (exact) mass is 268 g/mol. The van der Waals surface area contributed by atoms with Crippen LogP contribution in [0.4, 0.5) is 11.5 Å². The quantitative estimate of drug-likeness (QED) is 0.464. The number of anilines is 1. The predicted molar refractivity (Wildman–Crippen MR) is 72.7 cm³/mol. The Bertz CT molecular complexity index is 449. The van der Waals surface area contributed by atoms with Gasteiger partial charge in [-0.25, -0.2) is 4.98 Å². The van der Waals surface area contributed by atoms with Crippen molar-refractivity contribution in [2.75, 3.05) is 19.0 Å². The molecule has 0 unspecified atom stereocenters. The molecule has 0 aromatic carbocycles. The Morgan fingerprint density at radius 1 is 1.42 bits per heavy atom. The highest BCUT2D eigenvalue weighted by Crippen LogP contribution is 2.33. The van der Waals surface area contributed by atoms with Gasteiger partial charge in [0.2, 0.25) is 5.82 Å². The molecule has 1 heterocycles. The molecule has 0 radical (unpaired) electrons. The van der Waals surface area contributed by atoms with E-state index in [0.29, 0.717) is 12.4 Å². The van der Waals surface area contributed by atoms with Crippen LogP contribution in [0.1, 0.15) is 45.4 Å². The molecule has 1 N–H and O–H groups in total. The molecule has 0 atom stereocenters. The van der Waals surface area contributed by atoms with Crippen molar-refractivity contribution >= 4 is 11.5 Å². The third-order valence-corrected chi connectivity index (χ3v) is 2.54. The number of nitro groups is 1. The third kappa shape index (κ3) is 3.77. The van der Waals surface area contributed by atoms with Gasteiger partial charge in [0.1, 0.15) is 5.82 Å². The number of aromatic nitrogens is 2. The van der Waals surface area contributed by atoms with Crippen LogP contribution in [-0.4, -0.2) is 28.5 Å². The zero-order chi connectivity index (χ0) is 14.4. The zero-order valence-electron chi connectivity index (χ0n) is 11.8. The maximum atomic E-state index is 11.1. The zero-order valence-corrected chi connectivity index (χ0v) is 11.8. The first kappa shape index (κ1) is 15.1. The fourth-order valence-electron chi connectivity index (χ4n) is 1.46. The van der Waals surface area contributed by atoms with Gasteiger partial charge in [-0.1, -0.05) is 27.2 Å². The number of hydrogen-bond acceptors (Lipinski definition) is 6. The maximum Gasteiger partial charge on any atom is 0.372 e. The van der Waals surface area contributed by atoms with Crippen LogP contribution in [-0.2, 0) is 0 Å². The molecule has 19 heavy (non-hydrogen) atoms. The highest BCUT2D eigenvalue weighted by molar-refractivity contribution is 5.61. The normalized spacial score (nSPS) is 10.6. The number of ether oxygens (including phenoxy) is 1. The molecule has 7 heteroatoms. The summed E-state index contributed by atoms with van der Waals surface area (Å²) in [6, 6.07) is 0. The summed E-state index contributed by atoms with van der Waals surface area (Å²) in [5, 5.41) is 13.9. The van der Waals surface area contributed by atoms with E-state index in [9.17, 15) is 10.1 Å². The SMILES string of the molecule is CCCCOc1nc(C(C)C)nc(NC)c1[N+](=O)[O-]. The van der Waals surface area contributed by atoms with E-state index in [1.54, 1.807) is 7.05 Å². The molecule has 1 aromatic rings. The van der Waals surface area contributed by atoms with Crippen LogP contribution in [0.15, 0.2) is 0 Å². The van der Waals surface area contributed by atoms with Crippen LogP contribution in [0.5, 0.6) is 5.88 Å². The molecule has 0 saturated heterocycles. The maximum absolute atomic E-state index is 11.1. The first-order valence-electron chi connectivity index (χ1n) is 6.38.